The number of morpholine rings is 1. The number of hydrogen-bond donors (Lipinski definition) is 1. The maximum atomic E-state index is 12.2. The maximum Gasteiger partial charge on any atom is 0.220 e. The summed E-state index contributed by atoms with van der Waals surface area (Å²) in [6, 6.07) is 0.742. The van der Waals surface area contributed by atoms with Gasteiger partial charge in [0.25, 0.3) is 0 Å². The summed E-state index contributed by atoms with van der Waals surface area (Å²) in [5.74, 6) is 0.900. The van der Waals surface area contributed by atoms with Crippen molar-refractivity contribution in [3.63, 3.8) is 0 Å². The van der Waals surface area contributed by atoms with E-state index in [4.69, 9.17) is 4.74 Å². The molecule has 2 saturated heterocycles. The minimum Gasteiger partial charge on any atom is -0.375 e. The van der Waals surface area contributed by atoms with Gasteiger partial charge in [0.1, 0.15) is 0 Å². The molecule has 3 aliphatic rings. The monoisotopic (exact) mass is 316 g/mol. The van der Waals surface area contributed by atoms with Gasteiger partial charge in [0.2, 0.25) is 5.91 Å². The third-order valence-corrected chi connectivity index (χ3v) is 5.18. The lowest BCUT2D eigenvalue weighted by molar-refractivity contribution is -0.121. The first kappa shape index (κ1) is 15.0. The summed E-state index contributed by atoms with van der Waals surface area (Å²) in [5.41, 5.74) is 0.868. The average Bonchev–Trinajstić information content (AvgIpc) is 3.34. The molecule has 0 radical (unpaired) electrons. The number of aryl methyl sites for hydroxylation is 1. The molecule has 0 spiro atoms. The number of nitrogens with zero attached hydrogens (tertiary/aromatic N) is 3. The number of carbonyl (C=O) groups is 1. The first-order chi connectivity index (χ1) is 11.3. The van der Waals surface area contributed by atoms with Gasteiger partial charge in [-0.05, 0) is 31.6 Å². The molecule has 1 N–H and O–H groups in total. The van der Waals surface area contributed by atoms with E-state index in [2.05, 4.69) is 20.2 Å². The van der Waals surface area contributed by atoms with Gasteiger partial charge in [-0.1, -0.05) is 0 Å². The molecule has 3 atom stereocenters. The van der Waals surface area contributed by atoms with Crippen molar-refractivity contribution in [1.29, 1.82) is 0 Å². The van der Waals surface area contributed by atoms with Crippen LogP contribution in [0.4, 0.5) is 0 Å². The van der Waals surface area contributed by atoms with Crippen molar-refractivity contribution < 1.29 is 9.53 Å². The number of nitrogens with one attached hydrogen (secondary N) is 1. The van der Waals surface area contributed by atoms with E-state index in [1.165, 1.54) is 12.8 Å². The van der Waals surface area contributed by atoms with Crippen LogP contribution in [0.1, 0.15) is 31.4 Å². The number of aromatic nitrogens is 2. The molecular formula is C17H24N4O2. The van der Waals surface area contributed by atoms with Gasteiger partial charge in [0.15, 0.2) is 0 Å². The zero-order valence-electron chi connectivity index (χ0n) is 13.4. The fourth-order valence-corrected chi connectivity index (χ4v) is 3.76. The lowest BCUT2D eigenvalue weighted by Crippen LogP contribution is -2.47. The van der Waals surface area contributed by atoms with E-state index in [-0.39, 0.29) is 11.9 Å². The van der Waals surface area contributed by atoms with E-state index < -0.39 is 0 Å². The second-order valence-electron chi connectivity index (χ2n) is 7.01. The molecule has 1 amide bonds. The fraction of sp³-hybridized carbons (Fsp3) is 0.706. The van der Waals surface area contributed by atoms with E-state index in [1.54, 1.807) is 18.6 Å². The predicted octanol–water partition coefficient (Wildman–Crippen LogP) is 0.777. The van der Waals surface area contributed by atoms with Crippen LogP contribution in [0.25, 0.3) is 0 Å². The van der Waals surface area contributed by atoms with E-state index in [0.29, 0.717) is 25.0 Å². The molecule has 3 heterocycles. The van der Waals surface area contributed by atoms with E-state index in [0.717, 1.165) is 37.7 Å². The molecule has 1 aromatic heterocycles. The van der Waals surface area contributed by atoms with Crippen LogP contribution in [0.3, 0.4) is 0 Å². The molecule has 1 aromatic rings. The van der Waals surface area contributed by atoms with E-state index in [1.807, 2.05) is 0 Å². The van der Waals surface area contributed by atoms with Crippen LogP contribution in [0.2, 0.25) is 0 Å². The Kier molecular flexibility index (Phi) is 4.27. The van der Waals surface area contributed by atoms with Crippen molar-refractivity contribution in [2.45, 2.75) is 50.3 Å². The van der Waals surface area contributed by atoms with Crippen molar-refractivity contribution in [1.82, 2.24) is 20.2 Å². The maximum absolute atomic E-state index is 12.2. The number of carbonyl (C=O) groups excluding carboxylic acids is 1. The zero-order valence-corrected chi connectivity index (χ0v) is 13.4. The summed E-state index contributed by atoms with van der Waals surface area (Å²) >= 11 is 0. The second kappa shape index (κ2) is 6.53. The van der Waals surface area contributed by atoms with Crippen molar-refractivity contribution >= 4 is 5.91 Å². The van der Waals surface area contributed by atoms with Crippen LogP contribution in [0, 0.1) is 5.92 Å². The number of amides is 1. The Bertz CT molecular complexity index is 549. The summed E-state index contributed by atoms with van der Waals surface area (Å²) in [6.07, 6.45) is 10.2. The summed E-state index contributed by atoms with van der Waals surface area (Å²) < 4.78 is 6.00. The average molecular weight is 316 g/mol. The van der Waals surface area contributed by atoms with Gasteiger partial charge in [-0.2, -0.15) is 0 Å². The molecule has 23 heavy (non-hydrogen) atoms. The number of fused-ring (bicyclic) bond motifs is 1. The third kappa shape index (κ3) is 3.70. The largest absolute Gasteiger partial charge is 0.375 e. The van der Waals surface area contributed by atoms with Gasteiger partial charge in [0.05, 0.1) is 18.4 Å². The summed E-state index contributed by atoms with van der Waals surface area (Å²) in [4.78, 5) is 22.9. The summed E-state index contributed by atoms with van der Waals surface area (Å²) in [5, 5.41) is 3.18. The third-order valence-electron chi connectivity index (χ3n) is 5.18. The molecule has 1 saturated carbocycles. The van der Waals surface area contributed by atoms with E-state index in [9.17, 15) is 4.79 Å². The quantitative estimate of drug-likeness (QED) is 0.869. The van der Waals surface area contributed by atoms with Crippen LogP contribution in [-0.4, -0.2) is 58.7 Å². The molecule has 2 aliphatic heterocycles. The first-order valence-corrected chi connectivity index (χ1v) is 8.68. The highest BCUT2D eigenvalue weighted by Crippen LogP contribution is 2.37. The highest BCUT2D eigenvalue weighted by atomic mass is 16.5. The molecular weight excluding hydrogens is 292 g/mol. The van der Waals surface area contributed by atoms with Crippen LogP contribution in [-0.2, 0) is 16.0 Å². The number of hydrogen-bond acceptors (Lipinski definition) is 5. The van der Waals surface area contributed by atoms with Crippen molar-refractivity contribution in [2.24, 2.45) is 5.92 Å². The molecule has 3 fully saturated rings. The number of ether oxygens (including phenoxy) is 1. The van der Waals surface area contributed by atoms with Crippen LogP contribution in [0.5, 0.6) is 0 Å². The Balaban J connectivity index is 1.23. The fourth-order valence-electron chi connectivity index (χ4n) is 3.76. The molecule has 6 nitrogen and oxygen atoms in total. The topological polar surface area (TPSA) is 67.3 Å². The van der Waals surface area contributed by atoms with Gasteiger partial charge in [-0.25, -0.2) is 0 Å². The number of rotatable bonds is 5. The van der Waals surface area contributed by atoms with Gasteiger partial charge < -0.3 is 10.1 Å². The standard InChI is InChI=1S/C17H24N4O2/c22-17(4-3-13-8-18-5-6-19-13)20-14-7-15-11-23-16(12-1-2-12)10-21(15)9-14/h5-6,8,12,14-16H,1-4,7,9-11H2,(H,20,22)/t14-,15-,16-/m0/s1. The SMILES string of the molecule is O=C(CCc1cnccn1)N[C@H]1C[C@H]2CO[C@H](C3CC3)CN2C1. The van der Waals surface area contributed by atoms with E-state index >= 15 is 0 Å². The van der Waals surface area contributed by atoms with Gasteiger partial charge >= 0.3 is 0 Å². The Hall–Kier alpha value is -1.53. The lowest BCUT2D eigenvalue weighted by atomic mass is 10.1. The first-order valence-electron chi connectivity index (χ1n) is 8.68. The van der Waals surface area contributed by atoms with Crippen molar-refractivity contribution in [2.75, 3.05) is 19.7 Å². The summed E-state index contributed by atoms with van der Waals surface area (Å²) in [6.45, 7) is 2.84. The highest BCUT2D eigenvalue weighted by molar-refractivity contribution is 5.76. The van der Waals surface area contributed by atoms with Gasteiger partial charge in [-0.3, -0.25) is 19.7 Å². The molecule has 0 bridgehead atoms. The zero-order chi connectivity index (χ0) is 15.6. The highest BCUT2D eigenvalue weighted by Gasteiger charge is 2.42. The van der Waals surface area contributed by atoms with Gasteiger partial charge in [-0.15, -0.1) is 0 Å². The smallest absolute Gasteiger partial charge is 0.220 e. The molecule has 0 unspecified atom stereocenters. The summed E-state index contributed by atoms with van der Waals surface area (Å²) in [7, 11) is 0. The minimum atomic E-state index is 0.111. The molecule has 0 aromatic carbocycles. The Morgan fingerprint density at radius 1 is 1.35 bits per heavy atom. The lowest BCUT2D eigenvalue weighted by Gasteiger charge is -2.35. The second-order valence-corrected chi connectivity index (χ2v) is 7.01. The van der Waals surface area contributed by atoms with Crippen molar-refractivity contribution in [3.05, 3.63) is 24.3 Å². The minimum absolute atomic E-state index is 0.111. The Morgan fingerprint density at radius 2 is 2.26 bits per heavy atom. The normalized spacial score (nSPS) is 30.9. The van der Waals surface area contributed by atoms with Crippen molar-refractivity contribution in [3.8, 4) is 0 Å². The van der Waals surface area contributed by atoms with Crippen LogP contribution in [0.15, 0.2) is 18.6 Å². The predicted molar refractivity (Wildman–Crippen MR) is 84.7 cm³/mol. The molecule has 4 rings (SSSR count). The van der Waals surface area contributed by atoms with Gasteiger partial charge in [0, 0.05) is 50.2 Å². The Morgan fingerprint density at radius 3 is 3.04 bits per heavy atom. The Labute approximate surface area is 136 Å². The molecule has 124 valence electrons. The van der Waals surface area contributed by atoms with Crippen LogP contribution >= 0.6 is 0 Å². The molecule has 6 heteroatoms. The van der Waals surface area contributed by atoms with Crippen LogP contribution < -0.4 is 5.32 Å². The molecule has 1 aliphatic carbocycles.